The van der Waals surface area contributed by atoms with Gasteiger partial charge in [-0.25, -0.2) is 9.97 Å². The van der Waals surface area contributed by atoms with Gasteiger partial charge in [0, 0.05) is 22.7 Å². The number of nitrogens with one attached hydrogen (secondary N) is 3. The Morgan fingerprint density at radius 1 is 1.26 bits per heavy atom. The van der Waals surface area contributed by atoms with Crippen LogP contribution in [0.15, 0.2) is 42.9 Å². The number of anilines is 2. The summed E-state index contributed by atoms with van der Waals surface area (Å²) in [4.78, 5) is 12.4. The minimum Gasteiger partial charge on any atom is -0.475 e. The van der Waals surface area contributed by atoms with Crippen molar-refractivity contribution in [3.8, 4) is 17.1 Å². The van der Waals surface area contributed by atoms with Crippen LogP contribution in [-0.2, 0) is 0 Å². The monoisotopic (exact) mass is 437 g/mol. The molecule has 1 fully saturated rings. The number of piperidine rings is 1. The first-order chi connectivity index (χ1) is 15.2. The fraction of sp³-hybridized carbons (Fsp3) is 0.318. The third kappa shape index (κ3) is 3.96. The quantitative estimate of drug-likeness (QED) is 0.410. The van der Waals surface area contributed by atoms with Crippen molar-refractivity contribution in [1.82, 2.24) is 30.0 Å². The Morgan fingerprint density at radius 2 is 2.10 bits per heavy atom. The van der Waals surface area contributed by atoms with Crippen LogP contribution < -0.4 is 15.4 Å². The van der Waals surface area contributed by atoms with Crippen LogP contribution in [0.1, 0.15) is 25.8 Å². The number of hydrogen-bond donors (Lipinski definition) is 3. The molecule has 0 bridgehead atoms. The van der Waals surface area contributed by atoms with Gasteiger partial charge < -0.3 is 20.4 Å². The van der Waals surface area contributed by atoms with E-state index in [0.29, 0.717) is 35.2 Å². The number of ether oxygens (including phenoxy) is 1. The summed E-state index contributed by atoms with van der Waals surface area (Å²) in [6.07, 6.45) is 7.59. The highest BCUT2D eigenvalue weighted by Gasteiger charge is 2.20. The molecule has 1 aliphatic rings. The van der Waals surface area contributed by atoms with Gasteiger partial charge in [-0.05, 0) is 38.9 Å². The molecule has 160 valence electrons. The van der Waals surface area contributed by atoms with Crippen LogP contribution in [0.5, 0.6) is 5.88 Å². The molecule has 0 radical (unpaired) electrons. The summed E-state index contributed by atoms with van der Waals surface area (Å²) in [6.45, 7) is 4.46. The Kier molecular flexibility index (Phi) is 5.48. The molecule has 1 saturated heterocycles. The van der Waals surface area contributed by atoms with E-state index in [1.807, 2.05) is 48.3 Å². The molecule has 9 heteroatoms. The van der Waals surface area contributed by atoms with Crippen LogP contribution in [0.3, 0.4) is 0 Å². The number of para-hydroxylation sites is 1. The van der Waals surface area contributed by atoms with E-state index in [2.05, 4.69) is 25.7 Å². The summed E-state index contributed by atoms with van der Waals surface area (Å²) in [5, 5.41) is 12.9. The number of halogens is 1. The van der Waals surface area contributed by atoms with E-state index >= 15 is 0 Å². The van der Waals surface area contributed by atoms with E-state index in [4.69, 9.17) is 21.3 Å². The lowest BCUT2D eigenvalue weighted by Crippen LogP contribution is -2.29. The van der Waals surface area contributed by atoms with Crippen LogP contribution in [0.25, 0.3) is 22.2 Å². The summed E-state index contributed by atoms with van der Waals surface area (Å²) in [7, 11) is 0. The minimum absolute atomic E-state index is 0.351. The van der Waals surface area contributed by atoms with E-state index in [1.165, 1.54) is 0 Å². The number of rotatable bonds is 6. The molecular formula is C22H24ClN7O. The van der Waals surface area contributed by atoms with Gasteiger partial charge in [-0.2, -0.15) is 0 Å². The highest BCUT2D eigenvalue weighted by Crippen LogP contribution is 2.34. The number of nitrogens with zero attached hydrogens (tertiary/aromatic N) is 4. The molecule has 31 heavy (non-hydrogen) atoms. The van der Waals surface area contributed by atoms with Crippen molar-refractivity contribution in [2.45, 2.75) is 25.8 Å². The van der Waals surface area contributed by atoms with Gasteiger partial charge in [-0.1, -0.05) is 29.8 Å². The van der Waals surface area contributed by atoms with Crippen LogP contribution in [0.4, 0.5) is 11.6 Å². The topological polar surface area (TPSA) is 92.7 Å². The number of aromatic nitrogens is 5. The zero-order valence-corrected chi connectivity index (χ0v) is 18.0. The van der Waals surface area contributed by atoms with Crippen molar-refractivity contribution < 1.29 is 4.74 Å². The Morgan fingerprint density at radius 3 is 2.94 bits per heavy atom. The molecule has 1 aliphatic heterocycles. The van der Waals surface area contributed by atoms with Crippen LogP contribution >= 0.6 is 11.6 Å². The molecule has 4 aromatic rings. The third-order valence-corrected chi connectivity index (χ3v) is 5.77. The summed E-state index contributed by atoms with van der Waals surface area (Å²) < 4.78 is 7.76. The standard InChI is InChI=1S/C22H24ClN7O/c1-2-31-21-19(13-30(29-21)14-7-9-24-10-8-14)27-22-26-12-17(23)20(28-22)16-11-25-18-6-4-3-5-15(16)18/h3-6,11-14,24-25H,2,7-10H2,1H3,(H,26,27,28). The largest absolute Gasteiger partial charge is 0.475 e. The van der Waals surface area contributed by atoms with Gasteiger partial charge in [-0.15, -0.1) is 5.10 Å². The second-order valence-corrected chi connectivity index (χ2v) is 7.91. The van der Waals surface area contributed by atoms with Gasteiger partial charge in [0.05, 0.1) is 35.8 Å². The molecule has 3 N–H and O–H groups in total. The predicted octanol–water partition coefficient (Wildman–Crippen LogP) is 4.54. The van der Waals surface area contributed by atoms with E-state index < -0.39 is 0 Å². The van der Waals surface area contributed by atoms with E-state index in [9.17, 15) is 0 Å². The van der Waals surface area contributed by atoms with E-state index in [0.717, 1.165) is 48.1 Å². The lowest BCUT2D eigenvalue weighted by Gasteiger charge is -2.22. The second-order valence-electron chi connectivity index (χ2n) is 7.51. The molecular weight excluding hydrogens is 414 g/mol. The average molecular weight is 438 g/mol. The summed E-state index contributed by atoms with van der Waals surface area (Å²) in [6, 6.07) is 8.41. The number of aromatic amines is 1. The third-order valence-electron chi connectivity index (χ3n) is 5.50. The van der Waals surface area contributed by atoms with Gasteiger partial charge in [0.25, 0.3) is 5.88 Å². The molecule has 1 aromatic carbocycles. The Labute approximate surface area is 185 Å². The van der Waals surface area contributed by atoms with E-state index in [-0.39, 0.29) is 0 Å². The maximum absolute atomic E-state index is 6.46. The molecule has 0 spiro atoms. The summed E-state index contributed by atoms with van der Waals surface area (Å²) in [5.41, 5.74) is 3.37. The van der Waals surface area contributed by atoms with Crippen LogP contribution in [-0.4, -0.2) is 44.4 Å². The zero-order valence-electron chi connectivity index (χ0n) is 17.2. The second kappa shape index (κ2) is 8.56. The van der Waals surface area contributed by atoms with Crippen molar-refractivity contribution in [2.75, 3.05) is 25.0 Å². The predicted molar refractivity (Wildman–Crippen MR) is 122 cm³/mol. The number of hydrogen-bond acceptors (Lipinski definition) is 6. The van der Waals surface area contributed by atoms with Gasteiger partial charge in [-0.3, -0.25) is 4.68 Å². The first-order valence-corrected chi connectivity index (χ1v) is 10.9. The maximum atomic E-state index is 6.46. The average Bonchev–Trinajstić information content (AvgIpc) is 3.40. The molecule has 3 aromatic heterocycles. The normalized spacial score (nSPS) is 14.8. The first kappa shape index (κ1) is 19.8. The number of fused-ring (bicyclic) bond motifs is 1. The minimum atomic E-state index is 0.351. The lowest BCUT2D eigenvalue weighted by molar-refractivity contribution is 0.302. The number of benzene rings is 1. The van der Waals surface area contributed by atoms with Gasteiger partial charge in [0.2, 0.25) is 5.95 Å². The Bertz CT molecular complexity index is 1200. The molecule has 0 amide bonds. The summed E-state index contributed by atoms with van der Waals surface area (Å²) in [5.74, 6) is 0.990. The molecule has 0 unspecified atom stereocenters. The van der Waals surface area contributed by atoms with Crippen LogP contribution in [0.2, 0.25) is 5.02 Å². The first-order valence-electron chi connectivity index (χ1n) is 10.5. The van der Waals surface area contributed by atoms with Gasteiger partial charge in [0.1, 0.15) is 5.69 Å². The molecule has 8 nitrogen and oxygen atoms in total. The van der Waals surface area contributed by atoms with Crippen molar-refractivity contribution in [3.63, 3.8) is 0 Å². The van der Waals surface area contributed by atoms with Crippen molar-refractivity contribution in [2.24, 2.45) is 0 Å². The van der Waals surface area contributed by atoms with Gasteiger partial charge in [0.15, 0.2) is 0 Å². The molecule has 0 atom stereocenters. The van der Waals surface area contributed by atoms with Crippen molar-refractivity contribution >= 4 is 34.1 Å². The Hall–Kier alpha value is -3.10. The number of H-pyrrole nitrogens is 1. The summed E-state index contributed by atoms with van der Waals surface area (Å²) >= 11 is 6.46. The lowest BCUT2D eigenvalue weighted by atomic mass is 10.1. The fourth-order valence-corrected chi connectivity index (χ4v) is 4.16. The fourth-order valence-electron chi connectivity index (χ4n) is 3.97. The molecule has 0 saturated carbocycles. The highest BCUT2D eigenvalue weighted by atomic mass is 35.5. The SMILES string of the molecule is CCOc1nn(C2CCNCC2)cc1Nc1ncc(Cl)c(-c2c[nH]c3ccccc23)n1. The Balaban J connectivity index is 1.47. The highest BCUT2D eigenvalue weighted by molar-refractivity contribution is 6.33. The molecule has 0 aliphatic carbocycles. The van der Waals surface area contributed by atoms with Gasteiger partial charge >= 0.3 is 0 Å². The van der Waals surface area contributed by atoms with E-state index in [1.54, 1.807) is 6.20 Å². The van der Waals surface area contributed by atoms with Crippen LogP contribution in [0, 0.1) is 0 Å². The van der Waals surface area contributed by atoms with Crippen molar-refractivity contribution in [3.05, 3.63) is 47.9 Å². The smallest absolute Gasteiger partial charge is 0.256 e. The van der Waals surface area contributed by atoms with Crippen molar-refractivity contribution in [1.29, 1.82) is 0 Å². The zero-order chi connectivity index (χ0) is 21.2. The molecule has 5 rings (SSSR count). The maximum Gasteiger partial charge on any atom is 0.256 e. The molecule has 4 heterocycles.